The molecule has 7 heteroatoms. The van der Waals surface area contributed by atoms with Gasteiger partial charge in [0.25, 0.3) is 0 Å². The summed E-state index contributed by atoms with van der Waals surface area (Å²) in [5.74, 6) is 2.27. The summed E-state index contributed by atoms with van der Waals surface area (Å²) in [7, 11) is -3.23. The van der Waals surface area contributed by atoms with Crippen LogP contribution in [0, 0.1) is 23.2 Å². The molecular weight excluding hydrogens is 412 g/mol. The van der Waals surface area contributed by atoms with Gasteiger partial charge in [-0.3, -0.25) is 9.59 Å². The minimum absolute atomic E-state index is 0.0947. The van der Waals surface area contributed by atoms with Crippen molar-refractivity contribution < 1.29 is 18.0 Å². The van der Waals surface area contributed by atoms with Crippen LogP contribution in [0.3, 0.4) is 0 Å². The van der Waals surface area contributed by atoms with E-state index in [4.69, 9.17) is 0 Å². The van der Waals surface area contributed by atoms with E-state index >= 15 is 0 Å². The molecule has 1 aromatic carbocycles. The lowest BCUT2D eigenvalue weighted by Gasteiger charge is -2.56. The molecule has 6 nitrogen and oxygen atoms in total. The third-order valence-electron chi connectivity index (χ3n) is 8.13. The molecule has 4 aliphatic carbocycles. The van der Waals surface area contributed by atoms with Gasteiger partial charge in [0.1, 0.15) is 6.04 Å². The largest absolute Gasteiger partial charge is 0.350 e. The smallest absolute Gasteiger partial charge is 0.243 e. The van der Waals surface area contributed by atoms with Crippen molar-refractivity contribution in [1.29, 1.82) is 0 Å². The van der Waals surface area contributed by atoms with E-state index in [1.54, 1.807) is 24.3 Å². The Bertz CT molecular complexity index is 950. The molecule has 168 valence electrons. The fourth-order valence-corrected chi connectivity index (χ4v) is 7.75. The summed E-state index contributed by atoms with van der Waals surface area (Å²) in [4.78, 5) is 28.8. The first-order chi connectivity index (χ1) is 14.7. The third kappa shape index (κ3) is 3.90. The molecule has 1 saturated heterocycles. The van der Waals surface area contributed by atoms with E-state index in [9.17, 15) is 18.0 Å². The van der Waals surface area contributed by atoms with E-state index in [-0.39, 0.29) is 28.2 Å². The van der Waals surface area contributed by atoms with Gasteiger partial charge in [-0.05, 0) is 86.8 Å². The van der Waals surface area contributed by atoms with Gasteiger partial charge in [-0.25, -0.2) is 8.42 Å². The highest BCUT2D eigenvalue weighted by molar-refractivity contribution is 7.90. The van der Waals surface area contributed by atoms with Crippen LogP contribution in [-0.4, -0.2) is 44.0 Å². The standard InChI is InChI=1S/C24H32N2O4S/c1-31(29,30)20-6-4-16(5-7-20)15-25-22(27)21-3-2-8-26(21)23(28)24-12-17-9-18(13-24)11-19(10-17)14-24/h4-7,17-19,21H,2-3,8-15H2,1H3,(H,25,27). The molecule has 5 aliphatic rings. The number of nitrogens with zero attached hydrogens (tertiary/aromatic N) is 1. The Hall–Kier alpha value is -1.89. The molecule has 4 saturated carbocycles. The molecule has 31 heavy (non-hydrogen) atoms. The first-order valence-corrected chi connectivity index (χ1v) is 13.5. The van der Waals surface area contributed by atoms with Crippen molar-refractivity contribution in [2.75, 3.05) is 12.8 Å². The summed E-state index contributed by atoms with van der Waals surface area (Å²) in [6.45, 7) is 1.01. The number of amides is 2. The third-order valence-corrected chi connectivity index (χ3v) is 9.25. The molecular formula is C24H32N2O4S. The summed E-state index contributed by atoms with van der Waals surface area (Å²) >= 11 is 0. The Morgan fingerprint density at radius 2 is 1.61 bits per heavy atom. The van der Waals surface area contributed by atoms with Gasteiger partial charge < -0.3 is 10.2 Å². The number of hydrogen-bond acceptors (Lipinski definition) is 4. The lowest BCUT2D eigenvalue weighted by Crippen LogP contribution is -2.57. The summed E-state index contributed by atoms with van der Waals surface area (Å²) < 4.78 is 23.2. The second-order valence-electron chi connectivity index (χ2n) is 10.5. The molecule has 1 aromatic rings. The number of nitrogens with one attached hydrogen (secondary N) is 1. The monoisotopic (exact) mass is 444 g/mol. The van der Waals surface area contributed by atoms with Crippen LogP contribution < -0.4 is 5.32 Å². The lowest BCUT2D eigenvalue weighted by molar-refractivity contribution is -0.160. The Balaban J connectivity index is 1.24. The Morgan fingerprint density at radius 3 is 2.16 bits per heavy atom. The summed E-state index contributed by atoms with van der Waals surface area (Å²) in [6.07, 6.45) is 9.74. The van der Waals surface area contributed by atoms with Crippen LogP contribution in [0.25, 0.3) is 0 Å². The highest BCUT2D eigenvalue weighted by Crippen LogP contribution is 2.60. The first kappa shape index (κ1) is 21.0. The predicted molar refractivity (Wildman–Crippen MR) is 117 cm³/mol. The normalized spacial score (nSPS) is 34.2. The number of sulfone groups is 1. The van der Waals surface area contributed by atoms with Crippen molar-refractivity contribution in [3.05, 3.63) is 29.8 Å². The van der Waals surface area contributed by atoms with E-state index in [2.05, 4.69) is 5.32 Å². The van der Waals surface area contributed by atoms with Crippen molar-refractivity contribution in [3.63, 3.8) is 0 Å². The van der Waals surface area contributed by atoms with Crippen LogP contribution in [0.4, 0.5) is 0 Å². The minimum Gasteiger partial charge on any atom is -0.350 e. The highest BCUT2D eigenvalue weighted by Gasteiger charge is 2.56. The van der Waals surface area contributed by atoms with Crippen LogP contribution in [0.15, 0.2) is 29.2 Å². The van der Waals surface area contributed by atoms with Crippen LogP contribution in [0.5, 0.6) is 0 Å². The minimum atomic E-state index is -3.23. The molecule has 1 unspecified atom stereocenters. The fraction of sp³-hybridized carbons (Fsp3) is 0.667. The Labute approximate surface area is 184 Å². The zero-order valence-corrected chi connectivity index (χ0v) is 19.0. The molecule has 6 rings (SSSR count). The average molecular weight is 445 g/mol. The van der Waals surface area contributed by atoms with Crippen LogP contribution in [0.1, 0.15) is 56.9 Å². The molecule has 0 spiro atoms. The maximum Gasteiger partial charge on any atom is 0.243 e. The molecule has 0 aromatic heterocycles. The van der Waals surface area contributed by atoms with E-state index in [1.165, 1.54) is 25.5 Å². The fourth-order valence-electron chi connectivity index (χ4n) is 7.12. The van der Waals surface area contributed by atoms with Gasteiger partial charge in [0.2, 0.25) is 11.8 Å². The predicted octanol–water partition coefficient (Wildman–Crippen LogP) is 2.91. The second-order valence-corrected chi connectivity index (χ2v) is 12.5. The van der Waals surface area contributed by atoms with Gasteiger partial charge in [-0.2, -0.15) is 0 Å². The van der Waals surface area contributed by atoms with E-state index < -0.39 is 9.84 Å². The van der Waals surface area contributed by atoms with Gasteiger partial charge in [-0.1, -0.05) is 12.1 Å². The zero-order valence-electron chi connectivity index (χ0n) is 18.2. The maximum atomic E-state index is 13.7. The van der Waals surface area contributed by atoms with Gasteiger partial charge in [0, 0.05) is 19.3 Å². The van der Waals surface area contributed by atoms with Crippen molar-refractivity contribution in [2.24, 2.45) is 23.2 Å². The van der Waals surface area contributed by atoms with Gasteiger partial charge in [0.15, 0.2) is 9.84 Å². The van der Waals surface area contributed by atoms with Gasteiger partial charge in [0.05, 0.1) is 10.3 Å². The highest BCUT2D eigenvalue weighted by atomic mass is 32.2. The van der Waals surface area contributed by atoms with E-state index in [1.807, 2.05) is 4.90 Å². The lowest BCUT2D eigenvalue weighted by atomic mass is 9.49. The Morgan fingerprint density at radius 1 is 1.03 bits per heavy atom. The van der Waals surface area contributed by atoms with Gasteiger partial charge in [-0.15, -0.1) is 0 Å². The summed E-state index contributed by atoms with van der Waals surface area (Å²) in [5.41, 5.74) is 0.636. The van der Waals surface area contributed by atoms with E-state index in [0.717, 1.165) is 37.7 Å². The number of rotatable bonds is 5. The summed E-state index contributed by atoms with van der Waals surface area (Å²) in [6, 6.07) is 6.20. The molecule has 1 N–H and O–H groups in total. The SMILES string of the molecule is CS(=O)(=O)c1ccc(CNC(=O)C2CCCN2C(=O)C23CC4CC(CC(C4)C2)C3)cc1. The van der Waals surface area contributed by atoms with Crippen LogP contribution in [-0.2, 0) is 26.0 Å². The zero-order chi connectivity index (χ0) is 21.8. The first-order valence-electron chi connectivity index (χ1n) is 11.6. The summed E-state index contributed by atoms with van der Waals surface area (Å²) in [5, 5.41) is 2.98. The second kappa shape index (κ2) is 7.61. The maximum absolute atomic E-state index is 13.7. The molecule has 5 fully saturated rings. The van der Waals surface area contributed by atoms with Crippen molar-refractivity contribution in [2.45, 2.75) is 68.8 Å². The molecule has 0 radical (unpaired) electrons. The number of hydrogen-bond donors (Lipinski definition) is 1. The quantitative estimate of drug-likeness (QED) is 0.757. The number of carbonyl (C=O) groups excluding carboxylic acids is 2. The topological polar surface area (TPSA) is 83.6 Å². The molecule has 1 aliphatic heterocycles. The van der Waals surface area contributed by atoms with Crippen molar-refractivity contribution >= 4 is 21.7 Å². The average Bonchev–Trinajstić information content (AvgIpc) is 3.20. The van der Waals surface area contributed by atoms with Crippen LogP contribution >= 0.6 is 0 Å². The number of benzene rings is 1. The van der Waals surface area contributed by atoms with E-state index in [0.29, 0.717) is 30.8 Å². The Kier molecular flexibility index (Phi) is 5.15. The van der Waals surface area contributed by atoms with Crippen LogP contribution in [0.2, 0.25) is 0 Å². The van der Waals surface area contributed by atoms with Crippen molar-refractivity contribution in [3.8, 4) is 0 Å². The molecule has 1 heterocycles. The molecule has 2 amide bonds. The molecule has 1 atom stereocenters. The van der Waals surface area contributed by atoms with Crippen molar-refractivity contribution in [1.82, 2.24) is 10.2 Å². The number of likely N-dealkylation sites (tertiary alicyclic amines) is 1. The molecule has 4 bridgehead atoms. The van der Waals surface area contributed by atoms with Gasteiger partial charge >= 0.3 is 0 Å². The number of carbonyl (C=O) groups is 2.